The van der Waals surface area contributed by atoms with Gasteiger partial charge in [0.15, 0.2) is 0 Å². The van der Waals surface area contributed by atoms with Crippen LogP contribution in [0.25, 0.3) is 0 Å². The number of rotatable bonds is 1. The van der Waals surface area contributed by atoms with Crippen LogP contribution in [-0.4, -0.2) is 5.60 Å². The molecule has 0 bridgehead atoms. The minimum absolute atomic E-state index is 0.115. The monoisotopic (exact) mass is 240 g/mol. The van der Waals surface area contributed by atoms with Gasteiger partial charge in [-0.1, -0.05) is 38.4 Å². The third kappa shape index (κ3) is 3.71. The Hall–Kier alpha value is -0.690. The molecule has 0 fully saturated rings. The molecule has 0 aromatic heterocycles. The molecular weight excluding hydrogens is 220 g/mol. The summed E-state index contributed by atoms with van der Waals surface area (Å²) in [5.41, 5.74) is 1.12. The lowest BCUT2D eigenvalue weighted by atomic mass is 9.87. The van der Waals surface area contributed by atoms with E-state index >= 15 is 0 Å². The second-order valence-corrected chi connectivity index (χ2v) is 6.52. The molecule has 0 radical (unpaired) electrons. The van der Waals surface area contributed by atoms with Gasteiger partial charge in [0.05, 0.1) is 5.02 Å². The minimum Gasteiger partial charge on any atom is -0.487 e. The highest BCUT2D eigenvalue weighted by Crippen LogP contribution is 2.32. The maximum atomic E-state index is 6.22. The van der Waals surface area contributed by atoms with E-state index in [1.165, 1.54) is 5.56 Å². The fourth-order valence-electron chi connectivity index (χ4n) is 1.38. The van der Waals surface area contributed by atoms with Crippen LogP contribution in [0.1, 0.15) is 47.1 Å². The van der Waals surface area contributed by atoms with Gasteiger partial charge in [-0.3, -0.25) is 0 Å². The van der Waals surface area contributed by atoms with Crippen LogP contribution in [0, 0.1) is 0 Å². The summed E-state index contributed by atoms with van der Waals surface area (Å²) in [6.07, 6.45) is 0. The Kier molecular flexibility index (Phi) is 3.59. The topological polar surface area (TPSA) is 9.23 Å². The van der Waals surface area contributed by atoms with Crippen molar-refractivity contribution in [1.82, 2.24) is 0 Å². The van der Waals surface area contributed by atoms with Crippen LogP contribution < -0.4 is 4.74 Å². The van der Waals surface area contributed by atoms with Gasteiger partial charge >= 0.3 is 0 Å². The third-order valence-corrected chi connectivity index (χ3v) is 2.51. The summed E-state index contributed by atoms with van der Waals surface area (Å²) in [5.74, 6) is 0.752. The maximum Gasteiger partial charge on any atom is 0.138 e. The van der Waals surface area contributed by atoms with E-state index < -0.39 is 0 Å². The first-order valence-electron chi connectivity index (χ1n) is 5.59. The fraction of sp³-hybridized carbons (Fsp3) is 0.571. The number of hydrogen-bond donors (Lipinski definition) is 0. The predicted molar refractivity (Wildman–Crippen MR) is 70.5 cm³/mol. The van der Waals surface area contributed by atoms with Gasteiger partial charge < -0.3 is 4.74 Å². The second kappa shape index (κ2) is 4.29. The first kappa shape index (κ1) is 13.4. The van der Waals surface area contributed by atoms with E-state index in [9.17, 15) is 0 Å². The van der Waals surface area contributed by atoms with Crippen LogP contribution in [0.5, 0.6) is 5.75 Å². The lowest BCUT2D eigenvalue weighted by molar-refractivity contribution is 0.131. The van der Waals surface area contributed by atoms with Gasteiger partial charge in [-0.05, 0) is 43.9 Å². The first-order valence-corrected chi connectivity index (χ1v) is 5.96. The Morgan fingerprint density at radius 3 is 1.94 bits per heavy atom. The van der Waals surface area contributed by atoms with Gasteiger partial charge in [0, 0.05) is 0 Å². The highest BCUT2D eigenvalue weighted by atomic mass is 35.5. The Labute approximate surface area is 104 Å². The Bertz CT molecular complexity index is 369. The average molecular weight is 241 g/mol. The summed E-state index contributed by atoms with van der Waals surface area (Å²) in [6.45, 7) is 12.6. The van der Waals surface area contributed by atoms with E-state index in [1.807, 2.05) is 32.9 Å². The molecule has 0 aliphatic rings. The summed E-state index contributed by atoms with van der Waals surface area (Å²) in [5, 5.41) is 0.683. The zero-order valence-corrected chi connectivity index (χ0v) is 11.8. The van der Waals surface area contributed by atoms with Crippen LogP contribution in [0.4, 0.5) is 0 Å². The van der Waals surface area contributed by atoms with Gasteiger partial charge in [0.1, 0.15) is 11.4 Å². The SMILES string of the molecule is CC(C)(C)Oc1ccc(C(C)(C)C)cc1Cl. The summed E-state index contributed by atoms with van der Waals surface area (Å²) >= 11 is 6.22. The van der Waals surface area contributed by atoms with Crippen molar-refractivity contribution in [3.05, 3.63) is 28.8 Å². The molecule has 0 saturated carbocycles. The Balaban J connectivity index is 3.01. The number of hydrogen-bond acceptors (Lipinski definition) is 1. The van der Waals surface area contributed by atoms with E-state index in [0.29, 0.717) is 5.02 Å². The number of ether oxygens (including phenoxy) is 1. The number of halogens is 1. The van der Waals surface area contributed by atoms with Gasteiger partial charge in [-0.25, -0.2) is 0 Å². The van der Waals surface area contributed by atoms with Crippen LogP contribution in [-0.2, 0) is 5.41 Å². The molecule has 0 heterocycles. The molecule has 1 aromatic carbocycles. The molecular formula is C14H21ClO. The van der Waals surface area contributed by atoms with Crippen LogP contribution in [0.3, 0.4) is 0 Å². The van der Waals surface area contributed by atoms with Crippen molar-refractivity contribution in [2.45, 2.75) is 52.6 Å². The lowest BCUT2D eigenvalue weighted by Crippen LogP contribution is -2.23. The zero-order chi connectivity index (χ0) is 12.6. The van der Waals surface area contributed by atoms with Crippen molar-refractivity contribution in [2.24, 2.45) is 0 Å². The molecule has 16 heavy (non-hydrogen) atoms. The Morgan fingerprint density at radius 1 is 1.00 bits per heavy atom. The molecule has 1 aromatic rings. The van der Waals surface area contributed by atoms with Gasteiger partial charge in [0.2, 0.25) is 0 Å². The molecule has 1 rings (SSSR count). The van der Waals surface area contributed by atoms with E-state index in [1.54, 1.807) is 0 Å². The molecule has 0 saturated heterocycles. The third-order valence-electron chi connectivity index (χ3n) is 2.21. The highest BCUT2D eigenvalue weighted by Gasteiger charge is 2.18. The van der Waals surface area contributed by atoms with Crippen molar-refractivity contribution in [1.29, 1.82) is 0 Å². The molecule has 0 atom stereocenters. The second-order valence-electron chi connectivity index (χ2n) is 6.11. The molecule has 2 heteroatoms. The minimum atomic E-state index is -0.215. The standard InChI is InChI=1S/C14H21ClO/c1-13(2,3)10-7-8-12(11(15)9-10)16-14(4,5)6/h7-9H,1-6H3. The van der Waals surface area contributed by atoms with E-state index in [2.05, 4.69) is 26.8 Å². The fourth-order valence-corrected chi connectivity index (χ4v) is 1.60. The normalized spacial score (nSPS) is 12.7. The number of benzene rings is 1. The van der Waals surface area contributed by atoms with Crippen molar-refractivity contribution >= 4 is 11.6 Å². The summed E-state index contributed by atoms with van der Waals surface area (Å²) in [4.78, 5) is 0. The summed E-state index contributed by atoms with van der Waals surface area (Å²) in [7, 11) is 0. The van der Waals surface area contributed by atoms with E-state index in [-0.39, 0.29) is 11.0 Å². The van der Waals surface area contributed by atoms with Crippen molar-refractivity contribution in [3.63, 3.8) is 0 Å². The van der Waals surface area contributed by atoms with Crippen molar-refractivity contribution in [3.8, 4) is 5.75 Å². The lowest BCUT2D eigenvalue weighted by Gasteiger charge is -2.24. The maximum absolute atomic E-state index is 6.22. The predicted octanol–water partition coefficient (Wildman–Crippen LogP) is 4.81. The van der Waals surface area contributed by atoms with Crippen LogP contribution in [0.2, 0.25) is 5.02 Å². The van der Waals surface area contributed by atoms with Gasteiger partial charge in [-0.15, -0.1) is 0 Å². The molecule has 0 unspecified atom stereocenters. The molecule has 0 aliphatic carbocycles. The zero-order valence-electron chi connectivity index (χ0n) is 11.0. The van der Waals surface area contributed by atoms with Gasteiger partial charge in [0.25, 0.3) is 0 Å². The van der Waals surface area contributed by atoms with Crippen LogP contribution >= 0.6 is 11.6 Å². The van der Waals surface area contributed by atoms with Crippen LogP contribution in [0.15, 0.2) is 18.2 Å². The smallest absolute Gasteiger partial charge is 0.138 e. The molecule has 0 amide bonds. The van der Waals surface area contributed by atoms with Crippen molar-refractivity contribution in [2.75, 3.05) is 0 Å². The largest absolute Gasteiger partial charge is 0.487 e. The highest BCUT2D eigenvalue weighted by molar-refractivity contribution is 6.32. The summed E-state index contributed by atoms with van der Waals surface area (Å²) in [6, 6.07) is 6.02. The molecule has 0 aliphatic heterocycles. The van der Waals surface area contributed by atoms with E-state index in [0.717, 1.165) is 5.75 Å². The van der Waals surface area contributed by atoms with Gasteiger partial charge in [-0.2, -0.15) is 0 Å². The molecule has 1 nitrogen and oxygen atoms in total. The molecule has 0 spiro atoms. The summed E-state index contributed by atoms with van der Waals surface area (Å²) < 4.78 is 5.77. The Morgan fingerprint density at radius 2 is 1.56 bits per heavy atom. The van der Waals surface area contributed by atoms with Crippen molar-refractivity contribution < 1.29 is 4.74 Å². The molecule has 90 valence electrons. The average Bonchev–Trinajstić information content (AvgIpc) is 2.04. The quantitative estimate of drug-likeness (QED) is 0.684. The van der Waals surface area contributed by atoms with E-state index in [4.69, 9.17) is 16.3 Å². The molecule has 0 N–H and O–H groups in total. The first-order chi connectivity index (χ1) is 7.09.